The van der Waals surface area contributed by atoms with E-state index in [0.717, 1.165) is 23.0 Å². The number of allylic oxidation sites excluding steroid dienone is 1. The van der Waals surface area contributed by atoms with Gasteiger partial charge in [0.1, 0.15) is 5.60 Å². The highest BCUT2D eigenvalue weighted by atomic mass is 16.6. The van der Waals surface area contributed by atoms with E-state index in [2.05, 4.69) is 28.3 Å². The van der Waals surface area contributed by atoms with Gasteiger partial charge in [-0.3, -0.25) is 10.1 Å². The summed E-state index contributed by atoms with van der Waals surface area (Å²) in [5.74, 6) is 0.277. The minimum absolute atomic E-state index is 0.112. The summed E-state index contributed by atoms with van der Waals surface area (Å²) in [5, 5.41) is 3.53. The fraction of sp³-hybridized carbons (Fsp3) is 0.304. The van der Waals surface area contributed by atoms with E-state index in [1.54, 1.807) is 12.1 Å². The molecule has 1 amide bonds. The molecular formula is C23H25N3O3. The number of hydrogen-bond acceptors (Lipinski definition) is 3. The van der Waals surface area contributed by atoms with Gasteiger partial charge in [0.25, 0.3) is 0 Å². The molecule has 0 spiro atoms. The van der Waals surface area contributed by atoms with Crippen LogP contribution in [0.4, 0.5) is 10.5 Å². The molecule has 0 radical (unpaired) electrons. The zero-order valence-corrected chi connectivity index (χ0v) is 17.1. The minimum atomic E-state index is -0.588. The number of carbonyl (C=O) groups is 2. The lowest BCUT2D eigenvalue weighted by Crippen LogP contribution is -2.27. The molecule has 1 aliphatic carbocycles. The van der Waals surface area contributed by atoms with E-state index in [4.69, 9.17) is 4.74 Å². The Kier molecular flexibility index (Phi) is 4.57. The Bertz CT molecular complexity index is 1130. The van der Waals surface area contributed by atoms with Crippen molar-refractivity contribution in [2.24, 2.45) is 0 Å². The van der Waals surface area contributed by atoms with Crippen LogP contribution in [-0.2, 0) is 4.74 Å². The van der Waals surface area contributed by atoms with Crippen LogP contribution < -0.4 is 5.32 Å². The number of amides is 1. The number of carbonyl (C=O) groups excluding carboxylic acids is 2. The fourth-order valence-electron chi connectivity index (χ4n) is 3.62. The van der Waals surface area contributed by atoms with Gasteiger partial charge >= 0.3 is 6.09 Å². The molecule has 0 fully saturated rings. The number of rotatable bonds is 3. The molecule has 2 heterocycles. The number of ketones is 1. The van der Waals surface area contributed by atoms with Gasteiger partial charge < -0.3 is 14.7 Å². The Hall–Kier alpha value is -3.28. The SMILES string of the molecule is CC1CC=Cc2[nH]c(C(=O)c3cc4c(NC(=O)OC(C)(C)C)cccc4[nH]3)cc21. The quantitative estimate of drug-likeness (QED) is 0.508. The maximum Gasteiger partial charge on any atom is 0.412 e. The number of aromatic amines is 2. The van der Waals surface area contributed by atoms with Crippen molar-refractivity contribution in [1.29, 1.82) is 0 Å². The Morgan fingerprint density at radius 1 is 1.14 bits per heavy atom. The largest absolute Gasteiger partial charge is 0.444 e. The molecule has 0 saturated carbocycles. The van der Waals surface area contributed by atoms with Crippen LogP contribution in [0, 0.1) is 0 Å². The summed E-state index contributed by atoms with van der Waals surface area (Å²) in [4.78, 5) is 31.6. The summed E-state index contributed by atoms with van der Waals surface area (Å²) in [6.07, 6.45) is 4.59. The van der Waals surface area contributed by atoms with Crippen LogP contribution in [0.3, 0.4) is 0 Å². The van der Waals surface area contributed by atoms with Gasteiger partial charge in [-0.1, -0.05) is 19.1 Å². The van der Waals surface area contributed by atoms with Crippen LogP contribution in [0.25, 0.3) is 17.0 Å². The summed E-state index contributed by atoms with van der Waals surface area (Å²) in [6, 6.07) is 9.19. The average molecular weight is 391 g/mol. The first-order valence-corrected chi connectivity index (χ1v) is 9.77. The highest BCUT2D eigenvalue weighted by molar-refractivity contribution is 6.11. The van der Waals surface area contributed by atoms with E-state index in [-0.39, 0.29) is 5.78 Å². The lowest BCUT2D eigenvalue weighted by atomic mass is 9.93. The number of fused-ring (bicyclic) bond motifs is 2. The second-order valence-electron chi connectivity index (χ2n) is 8.50. The molecule has 3 aromatic rings. The smallest absolute Gasteiger partial charge is 0.412 e. The van der Waals surface area contributed by atoms with Crippen molar-refractivity contribution in [2.75, 3.05) is 5.32 Å². The Morgan fingerprint density at radius 2 is 1.90 bits per heavy atom. The minimum Gasteiger partial charge on any atom is -0.444 e. The number of anilines is 1. The van der Waals surface area contributed by atoms with Gasteiger partial charge in [0.15, 0.2) is 0 Å². The number of ether oxygens (including phenoxy) is 1. The third kappa shape index (κ3) is 3.83. The molecule has 0 saturated heterocycles. The predicted octanol–water partition coefficient (Wildman–Crippen LogP) is 5.59. The molecule has 1 unspecified atom stereocenters. The molecule has 0 bridgehead atoms. The number of nitrogens with one attached hydrogen (secondary N) is 3. The molecule has 1 aliphatic rings. The van der Waals surface area contributed by atoms with Gasteiger partial charge in [0, 0.05) is 16.6 Å². The Labute approximate surface area is 169 Å². The molecule has 6 nitrogen and oxygen atoms in total. The first-order chi connectivity index (χ1) is 13.7. The number of benzene rings is 1. The first kappa shape index (κ1) is 19.1. The maximum atomic E-state index is 13.1. The van der Waals surface area contributed by atoms with E-state index in [9.17, 15) is 9.59 Å². The van der Waals surface area contributed by atoms with Crippen LogP contribution >= 0.6 is 0 Å². The highest BCUT2D eigenvalue weighted by Gasteiger charge is 2.22. The fourth-order valence-corrected chi connectivity index (χ4v) is 3.62. The summed E-state index contributed by atoms with van der Waals surface area (Å²) < 4.78 is 5.33. The van der Waals surface area contributed by atoms with Crippen LogP contribution in [0.1, 0.15) is 67.5 Å². The van der Waals surface area contributed by atoms with Gasteiger partial charge in [0.05, 0.1) is 17.1 Å². The lowest BCUT2D eigenvalue weighted by Gasteiger charge is -2.19. The summed E-state index contributed by atoms with van der Waals surface area (Å²) in [7, 11) is 0. The second kappa shape index (κ2) is 6.95. The third-order valence-corrected chi connectivity index (χ3v) is 4.97. The van der Waals surface area contributed by atoms with Gasteiger partial charge in [0.2, 0.25) is 5.78 Å². The van der Waals surface area contributed by atoms with Gasteiger partial charge in [-0.05, 0) is 69.0 Å². The molecule has 150 valence electrons. The number of H-pyrrole nitrogens is 2. The zero-order chi connectivity index (χ0) is 20.8. The highest BCUT2D eigenvalue weighted by Crippen LogP contribution is 2.31. The van der Waals surface area contributed by atoms with Gasteiger partial charge in [-0.15, -0.1) is 0 Å². The lowest BCUT2D eigenvalue weighted by molar-refractivity contribution is 0.0636. The van der Waals surface area contributed by atoms with Gasteiger partial charge in [-0.25, -0.2) is 4.79 Å². The number of aromatic nitrogens is 2. The van der Waals surface area contributed by atoms with Crippen LogP contribution in [0.2, 0.25) is 0 Å². The summed E-state index contributed by atoms with van der Waals surface area (Å²) in [6.45, 7) is 7.59. The summed E-state index contributed by atoms with van der Waals surface area (Å²) in [5.41, 5.74) is 3.96. The predicted molar refractivity (Wildman–Crippen MR) is 114 cm³/mol. The molecule has 1 aromatic carbocycles. The molecule has 0 aliphatic heterocycles. The molecular weight excluding hydrogens is 366 g/mol. The Balaban J connectivity index is 1.63. The topological polar surface area (TPSA) is 87.0 Å². The maximum absolute atomic E-state index is 13.1. The molecule has 1 atom stereocenters. The average Bonchev–Trinajstić information content (AvgIpc) is 3.25. The van der Waals surface area contributed by atoms with Crippen molar-refractivity contribution < 1.29 is 14.3 Å². The molecule has 29 heavy (non-hydrogen) atoms. The van der Waals surface area contributed by atoms with Crippen molar-refractivity contribution in [3.63, 3.8) is 0 Å². The van der Waals surface area contributed by atoms with Crippen LogP contribution in [0.5, 0.6) is 0 Å². The molecule has 2 aromatic heterocycles. The van der Waals surface area contributed by atoms with E-state index in [1.165, 1.54) is 5.56 Å². The molecule has 6 heteroatoms. The standard InChI is InChI=1S/C23H25N3O3/c1-13-7-5-8-16-14(13)11-19(24-16)21(27)20-12-15-17(25-20)9-6-10-18(15)26-22(28)29-23(2,3)4/h5-6,8-13,24-25H,7H2,1-4H3,(H,26,28). The first-order valence-electron chi connectivity index (χ1n) is 9.77. The van der Waals surface area contributed by atoms with Gasteiger partial charge in [-0.2, -0.15) is 0 Å². The number of hydrogen-bond donors (Lipinski definition) is 3. The van der Waals surface area contributed by atoms with E-state index in [0.29, 0.717) is 23.0 Å². The van der Waals surface area contributed by atoms with Crippen LogP contribution in [0.15, 0.2) is 36.4 Å². The third-order valence-electron chi connectivity index (χ3n) is 4.97. The van der Waals surface area contributed by atoms with Crippen molar-refractivity contribution in [3.05, 3.63) is 59.1 Å². The second-order valence-corrected chi connectivity index (χ2v) is 8.50. The van der Waals surface area contributed by atoms with E-state index in [1.807, 2.05) is 45.0 Å². The van der Waals surface area contributed by atoms with Crippen molar-refractivity contribution in [2.45, 2.75) is 45.6 Å². The Morgan fingerprint density at radius 3 is 2.62 bits per heavy atom. The molecule has 3 N–H and O–H groups in total. The van der Waals surface area contributed by atoms with Crippen molar-refractivity contribution in [1.82, 2.24) is 9.97 Å². The monoisotopic (exact) mass is 391 g/mol. The van der Waals surface area contributed by atoms with E-state index < -0.39 is 11.7 Å². The van der Waals surface area contributed by atoms with Crippen molar-refractivity contribution in [3.8, 4) is 0 Å². The van der Waals surface area contributed by atoms with E-state index >= 15 is 0 Å². The van der Waals surface area contributed by atoms with Crippen LogP contribution in [-0.4, -0.2) is 27.4 Å². The normalized spacial score (nSPS) is 15.9. The summed E-state index contributed by atoms with van der Waals surface area (Å²) >= 11 is 0. The van der Waals surface area contributed by atoms with Crippen molar-refractivity contribution >= 4 is 34.5 Å². The zero-order valence-electron chi connectivity index (χ0n) is 17.1. The molecule has 4 rings (SSSR count).